The molecule has 0 bridgehead atoms. The molecule has 0 aromatic heterocycles. The van der Waals surface area contributed by atoms with Gasteiger partial charge in [0, 0.05) is 12.6 Å². The molecule has 0 spiro atoms. The van der Waals surface area contributed by atoms with Crippen LogP contribution < -0.4 is 9.62 Å². The lowest BCUT2D eigenvalue weighted by atomic mass is 10.2. The summed E-state index contributed by atoms with van der Waals surface area (Å²) in [6, 6.07) is 13.2. The van der Waals surface area contributed by atoms with Crippen LogP contribution >= 0.6 is 11.6 Å². The van der Waals surface area contributed by atoms with Crippen molar-refractivity contribution in [1.82, 2.24) is 0 Å². The molecule has 22 heavy (non-hydrogen) atoms. The van der Waals surface area contributed by atoms with Gasteiger partial charge in [-0.2, -0.15) is 0 Å². The van der Waals surface area contributed by atoms with Crippen LogP contribution in [0.2, 0.25) is 5.02 Å². The summed E-state index contributed by atoms with van der Waals surface area (Å²) in [4.78, 5) is 12.3. The fourth-order valence-corrected chi connectivity index (χ4v) is 2.47. The maximum Gasteiger partial charge on any atom is 0.255 e. The Bertz CT molecular complexity index is 806. The van der Waals surface area contributed by atoms with Crippen LogP contribution in [0.15, 0.2) is 48.5 Å². The van der Waals surface area contributed by atoms with Gasteiger partial charge in [-0.1, -0.05) is 29.8 Å². The summed E-state index contributed by atoms with van der Waals surface area (Å²) < 4.78 is 24.2. The van der Waals surface area contributed by atoms with E-state index >= 15 is 0 Å². The number of hydrogen-bond acceptors (Lipinski definition) is 3. The molecule has 2 aromatic carbocycles. The van der Waals surface area contributed by atoms with Gasteiger partial charge >= 0.3 is 0 Å². The molecular weight excluding hydrogens is 324 g/mol. The second kappa shape index (κ2) is 6.37. The van der Waals surface area contributed by atoms with Gasteiger partial charge in [-0.25, -0.2) is 8.42 Å². The van der Waals surface area contributed by atoms with E-state index in [2.05, 4.69) is 5.32 Å². The van der Waals surface area contributed by atoms with Crippen LogP contribution in [0.4, 0.5) is 11.4 Å². The van der Waals surface area contributed by atoms with E-state index in [1.165, 1.54) is 13.1 Å². The molecule has 0 unspecified atom stereocenters. The lowest BCUT2D eigenvalue weighted by molar-refractivity contribution is 0.102. The summed E-state index contributed by atoms with van der Waals surface area (Å²) in [5.41, 5.74) is 1.25. The Balaban J connectivity index is 2.26. The van der Waals surface area contributed by atoms with Gasteiger partial charge in [0.15, 0.2) is 0 Å². The normalized spacial score (nSPS) is 11.0. The van der Waals surface area contributed by atoms with E-state index in [0.717, 1.165) is 10.6 Å². The maximum absolute atomic E-state index is 12.3. The Morgan fingerprint density at radius 1 is 1.14 bits per heavy atom. The van der Waals surface area contributed by atoms with Gasteiger partial charge in [-0.05, 0) is 30.3 Å². The van der Waals surface area contributed by atoms with Crippen molar-refractivity contribution in [3.8, 4) is 0 Å². The number of amides is 1. The molecule has 0 fully saturated rings. The number of nitrogens with one attached hydrogen (secondary N) is 1. The first-order valence-corrected chi connectivity index (χ1v) is 8.61. The van der Waals surface area contributed by atoms with Gasteiger partial charge in [0.1, 0.15) is 0 Å². The van der Waals surface area contributed by atoms with Crippen LogP contribution in [0.1, 0.15) is 10.4 Å². The van der Waals surface area contributed by atoms with Gasteiger partial charge in [0.2, 0.25) is 10.0 Å². The van der Waals surface area contributed by atoms with Crippen molar-refractivity contribution in [1.29, 1.82) is 0 Å². The van der Waals surface area contributed by atoms with Crippen molar-refractivity contribution >= 4 is 38.9 Å². The SMILES string of the molecule is CN(c1cccc(C(=O)Nc2ccccc2Cl)c1)S(C)(=O)=O. The molecule has 1 N–H and O–H groups in total. The third-order valence-electron chi connectivity index (χ3n) is 3.09. The molecule has 7 heteroatoms. The number of sulfonamides is 1. The minimum atomic E-state index is -3.38. The summed E-state index contributed by atoms with van der Waals surface area (Å²) in [7, 11) is -1.95. The van der Waals surface area contributed by atoms with Crippen molar-refractivity contribution in [2.24, 2.45) is 0 Å². The molecule has 0 aliphatic rings. The molecule has 5 nitrogen and oxygen atoms in total. The minimum Gasteiger partial charge on any atom is -0.321 e. The van der Waals surface area contributed by atoms with Crippen LogP contribution in [0.5, 0.6) is 0 Å². The zero-order chi connectivity index (χ0) is 16.3. The molecule has 0 aliphatic heterocycles. The minimum absolute atomic E-state index is 0.341. The first kappa shape index (κ1) is 16.3. The molecule has 0 heterocycles. The summed E-state index contributed by atoms with van der Waals surface area (Å²) in [5.74, 6) is -0.364. The van der Waals surface area contributed by atoms with Crippen molar-refractivity contribution in [2.45, 2.75) is 0 Å². The first-order chi connectivity index (χ1) is 10.3. The Morgan fingerprint density at radius 3 is 2.45 bits per heavy atom. The van der Waals surface area contributed by atoms with E-state index in [9.17, 15) is 13.2 Å². The van der Waals surface area contributed by atoms with Gasteiger partial charge < -0.3 is 5.32 Å². The van der Waals surface area contributed by atoms with E-state index in [1.54, 1.807) is 42.5 Å². The smallest absolute Gasteiger partial charge is 0.255 e. The van der Waals surface area contributed by atoms with Gasteiger partial charge in [0.05, 0.1) is 22.7 Å². The van der Waals surface area contributed by atoms with Gasteiger partial charge in [-0.15, -0.1) is 0 Å². The monoisotopic (exact) mass is 338 g/mol. The quantitative estimate of drug-likeness (QED) is 0.932. The Morgan fingerprint density at radius 2 is 1.82 bits per heavy atom. The highest BCUT2D eigenvalue weighted by atomic mass is 35.5. The molecule has 0 radical (unpaired) electrons. The van der Waals surface area contributed by atoms with Crippen LogP contribution in [0, 0.1) is 0 Å². The number of rotatable bonds is 4. The largest absolute Gasteiger partial charge is 0.321 e. The van der Waals surface area contributed by atoms with Crippen molar-refractivity contribution in [2.75, 3.05) is 22.9 Å². The summed E-state index contributed by atoms with van der Waals surface area (Å²) in [6.07, 6.45) is 1.10. The molecule has 116 valence electrons. The predicted octanol–water partition coefficient (Wildman–Crippen LogP) is 2.99. The molecule has 0 saturated carbocycles. The Hall–Kier alpha value is -2.05. The molecule has 2 aromatic rings. The van der Waals surface area contributed by atoms with E-state index in [0.29, 0.717) is 22.0 Å². The summed E-state index contributed by atoms with van der Waals surface area (Å²) >= 11 is 6.00. The highest BCUT2D eigenvalue weighted by Crippen LogP contribution is 2.22. The van der Waals surface area contributed by atoms with Crippen LogP contribution in [0.25, 0.3) is 0 Å². The number of para-hydroxylation sites is 1. The fraction of sp³-hybridized carbons (Fsp3) is 0.133. The molecule has 0 atom stereocenters. The third kappa shape index (κ3) is 3.78. The summed E-state index contributed by atoms with van der Waals surface area (Å²) in [6.45, 7) is 0. The van der Waals surface area contributed by atoms with Crippen molar-refractivity contribution in [3.63, 3.8) is 0 Å². The van der Waals surface area contributed by atoms with E-state index in [-0.39, 0.29) is 5.91 Å². The fourth-order valence-electron chi connectivity index (χ4n) is 1.79. The number of nitrogens with zero attached hydrogens (tertiary/aromatic N) is 1. The Labute approximate surface area is 134 Å². The molecule has 0 aliphatic carbocycles. The van der Waals surface area contributed by atoms with Crippen molar-refractivity contribution in [3.05, 3.63) is 59.1 Å². The van der Waals surface area contributed by atoms with E-state index in [1.807, 2.05) is 0 Å². The number of carbonyl (C=O) groups excluding carboxylic acids is 1. The molecule has 0 saturated heterocycles. The van der Waals surface area contributed by atoms with E-state index < -0.39 is 10.0 Å². The summed E-state index contributed by atoms with van der Waals surface area (Å²) in [5, 5.41) is 3.12. The second-order valence-electron chi connectivity index (χ2n) is 4.71. The lowest BCUT2D eigenvalue weighted by Gasteiger charge is -2.17. The van der Waals surface area contributed by atoms with Gasteiger partial charge in [0.25, 0.3) is 5.91 Å². The highest BCUT2D eigenvalue weighted by Gasteiger charge is 2.14. The topological polar surface area (TPSA) is 66.5 Å². The number of benzene rings is 2. The van der Waals surface area contributed by atoms with Crippen LogP contribution in [-0.4, -0.2) is 27.6 Å². The third-order valence-corrected chi connectivity index (χ3v) is 4.63. The molecule has 1 amide bonds. The number of hydrogen-bond donors (Lipinski definition) is 1. The predicted molar refractivity (Wildman–Crippen MR) is 89.1 cm³/mol. The first-order valence-electron chi connectivity index (χ1n) is 6.39. The average Bonchev–Trinajstić information content (AvgIpc) is 2.48. The second-order valence-corrected chi connectivity index (χ2v) is 7.14. The van der Waals surface area contributed by atoms with Crippen molar-refractivity contribution < 1.29 is 13.2 Å². The van der Waals surface area contributed by atoms with Gasteiger partial charge in [-0.3, -0.25) is 9.10 Å². The zero-order valence-electron chi connectivity index (χ0n) is 12.1. The van der Waals surface area contributed by atoms with E-state index in [4.69, 9.17) is 11.6 Å². The zero-order valence-corrected chi connectivity index (χ0v) is 13.6. The number of anilines is 2. The standard InChI is InChI=1S/C15H15ClN2O3S/c1-18(22(2,20)21)12-7-5-6-11(10-12)15(19)17-14-9-4-3-8-13(14)16/h3-10H,1-2H3,(H,17,19). The van der Waals surface area contributed by atoms with Crippen LogP contribution in [-0.2, 0) is 10.0 Å². The lowest BCUT2D eigenvalue weighted by Crippen LogP contribution is -2.25. The Kier molecular flexibility index (Phi) is 4.73. The molecular formula is C15H15ClN2O3S. The average molecular weight is 339 g/mol. The molecule has 2 rings (SSSR count). The number of carbonyl (C=O) groups is 1. The number of halogens is 1. The van der Waals surface area contributed by atoms with Crippen LogP contribution in [0.3, 0.4) is 0 Å². The maximum atomic E-state index is 12.3. The highest BCUT2D eigenvalue weighted by molar-refractivity contribution is 7.92.